The maximum Gasteiger partial charge on any atom is 0.425 e. The summed E-state index contributed by atoms with van der Waals surface area (Å²) in [4.78, 5) is 39.2. The molecule has 0 aromatic carbocycles. The van der Waals surface area contributed by atoms with Crippen LogP contribution in [0.3, 0.4) is 0 Å². The van der Waals surface area contributed by atoms with E-state index in [9.17, 15) is 19.3 Å². The minimum Gasteiger partial charge on any atom is -0.443 e. The van der Waals surface area contributed by atoms with Crippen molar-refractivity contribution in [3.05, 3.63) is 12.7 Å². The summed E-state index contributed by atoms with van der Waals surface area (Å²) in [7, 11) is -2.36. The average molecular weight is 484 g/mol. The Morgan fingerprint density at radius 3 is 2.09 bits per heavy atom. The number of ether oxygens (including phenoxy) is 2. The first-order valence-corrected chi connectivity index (χ1v) is 13.4. The lowest BCUT2D eigenvalue weighted by Gasteiger charge is -2.28. The third-order valence-electron chi connectivity index (χ3n) is 4.10. The lowest BCUT2D eigenvalue weighted by atomic mass is 10.2. The van der Waals surface area contributed by atoms with Gasteiger partial charge in [-0.1, -0.05) is 0 Å². The zero-order chi connectivity index (χ0) is 25.2. The average Bonchev–Trinajstić information content (AvgIpc) is 2.99. The van der Waals surface area contributed by atoms with Crippen LogP contribution in [0.15, 0.2) is 12.7 Å². The number of hydrogen-bond acceptors (Lipinski definition) is 9. The number of aliphatic hydroxyl groups excluding tert-OH is 1. The fraction of sp³-hybridized carbons (Fsp3) is 0.667. The van der Waals surface area contributed by atoms with Gasteiger partial charge in [0.15, 0.2) is 17.0 Å². The Morgan fingerprint density at radius 2 is 1.61 bits per heavy atom. The number of nitrogens with zero attached hydrogens (tertiary/aromatic N) is 5. The Balaban J connectivity index is 2.41. The van der Waals surface area contributed by atoms with E-state index in [-0.39, 0.29) is 17.5 Å². The van der Waals surface area contributed by atoms with Crippen molar-refractivity contribution in [2.24, 2.45) is 0 Å². The van der Waals surface area contributed by atoms with Crippen molar-refractivity contribution >= 4 is 36.3 Å². The fourth-order valence-electron chi connectivity index (χ4n) is 2.95. The van der Waals surface area contributed by atoms with Crippen LogP contribution < -0.4 is 4.90 Å². The van der Waals surface area contributed by atoms with Gasteiger partial charge >= 0.3 is 12.2 Å². The highest BCUT2D eigenvalue weighted by Crippen LogP contribution is 2.37. The molecular weight excluding hydrogens is 449 g/mol. The molecule has 0 bridgehead atoms. The van der Waals surface area contributed by atoms with Gasteiger partial charge in [0, 0.05) is 12.7 Å². The van der Waals surface area contributed by atoms with Crippen LogP contribution in [0.25, 0.3) is 11.2 Å². The number of rotatable bonds is 6. The van der Waals surface area contributed by atoms with E-state index in [1.54, 1.807) is 59.4 Å². The van der Waals surface area contributed by atoms with Crippen LogP contribution in [0.1, 0.15) is 48.0 Å². The van der Waals surface area contributed by atoms with E-state index in [1.807, 2.05) is 0 Å². The van der Waals surface area contributed by atoms with E-state index >= 15 is 0 Å². The molecule has 2 rings (SSSR count). The van der Waals surface area contributed by atoms with E-state index in [2.05, 4.69) is 15.0 Å². The summed E-state index contributed by atoms with van der Waals surface area (Å²) < 4.78 is 24.4. The first-order valence-electron chi connectivity index (χ1n) is 10.6. The number of amides is 2. The van der Waals surface area contributed by atoms with Gasteiger partial charge in [0.1, 0.15) is 17.5 Å². The number of imidazole rings is 1. The number of carbonyl (C=O) groups is 2. The topological polar surface area (TPSA) is 137 Å². The summed E-state index contributed by atoms with van der Waals surface area (Å²) in [6, 6.07) is 0. The Kier molecular flexibility index (Phi) is 7.91. The summed E-state index contributed by atoms with van der Waals surface area (Å²) in [5, 5.41) is 10.2. The van der Waals surface area contributed by atoms with Crippen LogP contribution in [-0.2, 0) is 20.6 Å². The minimum absolute atomic E-state index is 0.0746. The van der Waals surface area contributed by atoms with Gasteiger partial charge in [-0.05, 0) is 61.3 Å². The standard InChI is InChI=1S/C21H34N5O6P/c1-20(2,3)31-18(28)26(19(29)32-21(4,5)6)17-15-16(22-12-23-17)25(13-24-15)10-9-14(27)11-33(7,8)30/h12-14,27H,9-11H2,1-8H3/t14-/m1/s1. The number of aryl methyl sites for hydroxylation is 1. The lowest BCUT2D eigenvalue weighted by Crippen LogP contribution is -2.44. The second kappa shape index (κ2) is 9.77. The molecule has 1 atom stereocenters. The SMILES string of the molecule is CC(C)(C)OC(=O)N(C(=O)OC(C)(C)C)c1ncnc2c1ncn2CC[C@@H](O)CP(C)(C)=O. The summed E-state index contributed by atoms with van der Waals surface area (Å²) in [6.45, 7) is 13.7. The number of hydrogen-bond donors (Lipinski definition) is 1. The van der Waals surface area contributed by atoms with Crippen LogP contribution in [0.5, 0.6) is 0 Å². The third-order valence-corrected chi connectivity index (χ3v) is 5.40. The maximum atomic E-state index is 12.9. The maximum absolute atomic E-state index is 12.9. The number of aliphatic hydroxyl groups is 1. The van der Waals surface area contributed by atoms with Gasteiger partial charge in [-0.25, -0.2) is 24.5 Å². The molecule has 12 heteroatoms. The fourth-order valence-corrected chi connectivity index (χ4v) is 4.14. The molecule has 2 aromatic heterocycles. The van der Waals surface area contributed by atoms with Crippen LogP contribution in [-0.4, -0.2) is 73.6 Å². The minimum atomic E-state index is -2.36. The molecular formula is C21H34N5O6P. The van der Waals surface area contributed by atoms with Crippen molar-refractivity contribution in [2.75, 3.05) is 24.4 Å². The smallest absolute Gasteiger partial charge is 0.425 e. The number of aromatic nitrogens is 4. The van der Waals surface area contributed by atoms with Gasteiger partial charge in [-0.15, -0.1) is 0 Å². The van der Waals surface area contributed by atoms with E-state index in [1.165, 1.54) is 12.7 Å². The van der Waals surface area contributed by atoms with E-state index in [0.717, 1.165) is 0 Å². The normalized spacial score (nSPS) is 13.6. The summed E-state index contributed by atoms with van der Waals surface area (Å²) in [5.74, 6) is -0.0746. The molecule has 184 valence electrons. The predicted octanol–water partition coefficient (Wildman–Crippen LogP) is 3.88. The van der Waals surface area contributed by atoms with Crippen molar-refractivity contribution in [3.8, 4) is 0 Å². The van der Waals surface area contributed by atoms with Gasteiger partial charge < -0.3 is 23.7 Å². The molecule has 0 radical (unpaired) electrons. The van der Waals surface area contributed by atoms with Crippen LogP contribution in [0.2, 0.25) is 0 Å². The molecule has 0 saturated heterocycles. The number of carbonyl (C=O) groups excluding carboxylic acids is 2. The zero-order valence-corrected chi connectivity index (χ0v) is 21.4. The Morgan fingerprint density at radius 1 is 1.06 bits per heavy atom. The molecule has 33 heavy (non-hydrogen) atoms. The van der Waals surface area contributed by atoms with Crippen LogP contribution in [0, 0.1) is 0 Å². The van der Waals surface area contributed by atoms with Gasteiger partial charge in [-0.3, -0.25) is 0 Å². The van der Waals surface area contributed by atoms with Crippen molar-refractivity contribution in [1.29, 1.82) is 0 Å². The molecule has 2 amide bonds. The Labute approximate surface area is 193 Å². The molecule has 0 fully saturated rings. The van der Waals surface area contributed by atoms with Gasteiger partial charge in [0.2, 0.25) is 0 Å². The number of fused-ring (bicyclic) bond motifs is 1. The van der Waals surface area contributed by atoms with Gasteiger partial charge in [0.05, 0.1) is 19.6 Å². The predicted molar refractivity (Wildman–Crippen MR) is 125 cm³/mol. The zero-order valence-electron chi connectivity index (χ0n) is 20.5. The van der Waals surface area contributed by atoms with E-state index < -0.39 is 36.6 Å². The third kappa shape index (κ3) is 8.08. The molecule has 0 unspecified atom stereocenters. The molecule has 2 heterocycles. The highest BCUT2D eigenvalue weighted by atomic mass is 31.2. The van der Waals surface area contributed by atoms with Crippen molar-refractivity contribution in [3.63, 3.8) is 0 Å². The van der Waals surface area contributed by atoms with E-state index in [4.69, 9.17) is 9.47 Å². The molecule has 0 aliphatic carbocycles. The summed E-state index contributed by atoms with van der Waals surface area (Å²) >= 11 is 0. The molecule has 0 spiro atoms. The number of anilines is 1. The van der Waals surface area contributed by atoms with Crippen molar-refractivity contribution in [1.82, 2.24) is 19.5 Å². The highest BCUT2D eigenvalue weighted by Gasteiger charge is 2.35. The summed E-state index contributed by atoms with van der Waals surface area (Å²) in [5.41, 5.74) is -1.17. The van der Waals surface area contributed by atoms with Gasteiger partial charge in [-0.2, -0.15) is 4.90 Å². The summed E-state index contributed by atoms with van der Waals surface area (Å²) in [6.07, 6.45) is 0.579. The lowest BCUT2D eigenvalue weighted by molar-refractivity contribution is 0.0429. The number of imide groups is 1. The molecule has 1 N–H and O–H groups in total. The Bertz CT molecular complexity index is 1020. The van der Waals surface area contributed by atoms with Crippen molar-refractivity contribution < 1.29 is 28.7 Å². The van der Waals surface area contributed by atoms with E-state index in [0.29, 0.717) is 23.5 Å². The Hall–Kier alpha value is -2.52. The highest BCUT2D eigenvalue weighted by molar-refractivity contribution is 7.62. The molecule has 0 aliphatic rings. The molecule has 0 aliphatic heterocycles. The van der Waals surface area contributed by atoms with Crippen LogP contribution >= 0.6 is 7.14 Å². The monoisotopic (exact) mass is 483 g/mol. The van der Waals surface area contributed by atoms with Gasteiger partial charge in [0.25, 0.3) is 0 Å². The molecule has 11 nitrogen and oxygen atoms in total. The first-order chi connectivity index (χ1) is 15.0. The molecule has 2 aromatic rings. The first kappa shape index (κ1) is 26.7. The second-order valence-corrected chi connectivity index (χ2v) is 13.8. The molecule has 0 saturated carbocycles. The largest absolute Gasteiger partial charge is 0.443 e. The second-order valence-electron chi connectivity index (χ2n) is 10.3. The van der Waals surface area contributed by atoms with Crippen molar-refractivity contribution in [2.45, 2.75) is 71.8 Å². The quantitative estimate of drug-likeness (QED) is 0.607. The van der Waals surface area contributed by atoms with Crippen LogP contribution in [0.4, 0.5) is 15.4 Å².